The number of carbonyl (C=O) groups is 1. The van der Waals surface area contributed by atoms with E-state index in [1.165, 1.54) is 4.90 Å². The average Bonchev–Trinajstić information content (AvgIpc) is 2.95. The molecule has 1 atom stereocenters. The summed E-state index contributed by atoms with van der Waals surface area (Å²) in [5, 5.41) is 9.12. The zero-order chi connectivity index (χ0) is 20.6. The van der Waals surface area contributed by atoms with E-state index in [9.17, 15) is 4.79 Å². The molecule has 1 heterocycles. The van der Waals surface area contributed by atoms with Crippen LogP contribution in [0.25, 0.3) is 0 Å². The monoisotopic (exact) mass is 400 g/mol. The van der Waals surface area contributed by atoms with Crippen molar-refractivity contribution in [2.24, 2.45) is 0 Å². The molecule has 0 radical (unpaired) electrons. The van der Waals surface area contributed by atoms with Crippen molar-refractivity contribution in [3.05, 3.63) is 53.6 Å². The van der Waals surface area contributed by atoms with Crippen molar-refractivity contribution in [2.75, 3.05) is 25.9 Å². The van der Waals surface area contributed by atoms with Crippen LogP contribution in [0, 0.1) is 0 Å². The number of rotatable bonds is 7. The number of hydrogen-bond donors (Lipinski definition) is 2. The first-order chi connectivity index (χ1) is 14.1. The topological polar surface area (TPSA) is 94.3 Å². The first-order valence-corrected chi connectivity index (χ1v) is 9.79. The molecule has 3 rings (SSSR count). The van der Waals surface area contributed by atoms with E-state index in [0.29, 0.717) is 38.4 Å². The van der Waals surface area contributed by atoms with Crippen molar-refractivity contribution in [3.8, 4) is 11.5 Å². The first-order valence-electron chi connectivity index (χ1n) is 9.79. The van der Waals surface area contributed by atoms with Crippen molar-refractivity contribution in [1.82, 2.24) is 4.90 Å². The van der Waals surface area contributed by atoms with Gasteiger partial charge in [-0.2, -0.15) is 0 Å². The van der Waals surface area contributed by atoms with Crippen LogP contribution in [-0.2, 0) is 18.0 Å². The SMILES string of the molecule is COCc1cccc(N)c1COc1ccc(OC2CCCN(C(=O)O)CC2)cc1. The fourth-order valence-electron chi connectivity index (χ4n) is 3.46. The largest absolute Gasteiger partial charge is 0.490 e. The number of carboxylic acid groups (broad SMARTS) is 1. The maximum Gasteiger partial charge on any atom is 0.407 e. The predicted octanol–water partition coefficient (Wildman–Crippen LogP) is 3.91. The minimum atomic E-state index is -0.861. The van der Waals surface area contributed by atoms with E-state index in [4.69, 9.17) is 25.1 Å². The smallest absolute Gasteiger partial charge is 0.407 e. The minimum absolute atomic E-state index is 0.0202. The molecule has 0 bridgehead atoms. The van der Waals surface area contributed by atoms with E-state index in [0.717, 1.165) is 35.5 Å². The Morgan fingerprint density at radius 3 is 2.59 bits per heavy atom. The zero-order valence-corrected chi connectivity index (χ0v) is 16.7. The van der Waals surface area contributed by atoms with Crippen LogP contribution in [0.4, 0.5) is 10.5 Å². The summed E-state index contributed by atoms with van der Waals surface area (Å²) in [6.07, 6.45) is 1.50. The molecule has 7 nitrogen and oxygen atoms in total. The highest BCUT2D eigenvalue weighted by Crippen LogP contribution is 2.24. The second-order valence-electron chi connectivity index (χ2n) is 7.12. The van der Waals surface area contributed by atoms with Gasteiger partial charge in [0.25, 0.3) is 0 Å². The molecule has 1 aliphatic heterocycles. The van der Waals surface area contributed by atoms with E-state index in [-0.39, 0.29) is 6.10 Å². The molecule has 2 aromatic carbocycles. The van der Waals surface area contributed by atoms with Gasteiger partial charge in [-0.15, -0.1) is 0 Å². The molecule has 0 aliphatic carbocycles. The van der Waals surface area contributed by atoms with E-state index in [2.05, 4.69) is 0 Å². The highest BCUT2D eigenvalue weighted by Gasteiger charge is 2.21. The normalized spacial score (nSPS) is 16.9. The summed E-state index contributed by atoms with van der Waals surface area (Å²) in [4.78, 5) is 12.6. The van der Waals surface area contributed by atoms with Gasteiger partial charge in [-0.1, -0.05) is 12.1 Å². The second kappa shape index (κ2) is 10.0. The lowest BCUT2D eigenvalue weighted by Crippen LogP contribution is -2.30. The number of methoxy groups -OCH3 is 1. The van der Waals surface area contributed by atoms with Crippen LogP contribution in [-0.4, -0.2) is 42.4 Å². The standard InChI is InChI=1S/C22H28N2O5/c1-27-14-16-4-2-6-21(23)20(16)15-28-17-7-9-19(10-8-17)29-18-5-3-12-24(13-11-18)22(25)26/h2,4,6-10,18H,3,5,11-15,23H2,1H3,(H,25,26). The molecule has 1 aliphatic rings. The highest BCUT2D eigenvalue weighted by molar-refractivity contribution is 5.64. The number of benzene rings is 2. The molecule has 7 heteroatoms. The molecular weight excluding hydrogens is 372 g/mol. The molecule has 2 aromatic rings. The van der Waals surface area contributed by atoms with Crippen LogP contribution in [0.1, 0.15) is 30.4 Å². The van der Waals surface area contributed by atoms with Crippen molar-refractivity contribution in [3.63, 3.8) is 0 Å². The molecule has 29 heavy (non-hydrogen) atoms. The lowest BCUT2D eigenvalue weighted by Gasteiger charge is -2.18. The lowest BCUT2D eigenvalue weighted by atomic mass is 10.1. The first kappa shape index (κ1) is 20.8. The fraction of sp³-hybridized carbons (Fsp3) is 0.409. The Hall–Kier alpha value is -2.93. The van der Waals surface area contributed by atoms with Gasteiger partial charge in [0.05, 0.1) is 6.61 Å². The third-order valence-electron chi connectivity index (χ3n) is 5.06. The van der Waals surface area contributed by atoms with Crippen molar-refractivity contribution in [1.29, 1.82) is 0 Å². The summed E-state index contributed by atoms with van der Waals surface area (Å²) in [6.45, 7) is 1.91. The Morgan fingerprint density at radius 1 is 1.10 bits per heavy atom. The maximum absolute atomic E-state index is 11.1. The van der Waals surface area contributed by atoms with Gasteiger partial charge in [0.2, 0.25) is 0 Å². The van der Waals surface area contributed by atoms with E-state index < -0.39 is 6.09 Å². The Bertz CT molecular complexity index is 809. The number of nitrogen functional groups attached to an aromatic ring is 1. The molecule has 0 spiro atoms. The molecule has 156 valence electrons. The van der Waals surface area contributed by atoms with E-state index >= 15 is 0 Å². The molecule has 0 saturated carbocycles. The van der Waals surface area contributed by atoms with Gasteiger partial charge in [-0.3, -0.25) is 0 Å². The molecular formula is C22H28N2O5. The third kappa shape index (κ3) is 5.77. The van der Waals surface area contributed by atoms with Crippen LogP contribution in [0.5, 0.6) is 11.5 Å². The van der Waals surface area contributed by atoms with Crippen LogP contribution in [0.15, 0.2) is 42.5 Å². The summed E-state index contributed by atoms with van der Waals surface area (Å²) < 4.78 is 17.2. The van der Waals surface area contributed by atoms with Gasteiger partial charge in [-0.05, 0) is 48.7 Å². The maximum atomic E-state index is 11.1. The Morgan fingerprint density at radius 2 is 1.86 bits per heavy atom. The number of nitrogens with two attached hydrogens (primary N) is 1. The molecule has 3 N–H and O–H groups in total. The Balaban J connectivity index is 1.55. The van der Waals surface area contributed by atoms with Crippen molar-refractivity contribution < 1.29 is 24.1 Å². The summed E-state index contributed by atoms with van der Waals surface area (Å²) in [5.74, 6) is 1.48. The molecule has 0 aromatic heterocycles. The second-order valence-corrected chi connectivity index (χ2v) is 7.12. The molecule has 1 saturated heterocycles. The summed E-state index contributed by atoms with van der Waals surface area (Å²) in [7, 11) is 1.65. The van der Waals surface area contributed by atoms with Crippen LogP contribution in [0.2, 0.25) is 0 Å². The minimum Gasteiger partial charge on any atom is -0.490 e. The molecule has 1 unspecified atom stereocenters. The summed E-state index contributed by atoms with van der Waals surface area (Å²) in [6, 6.07) is 13.2. The van der Waals surface area contributed by atoms with Crippen LogP contribution in [0.3, 0.4) is 0 Å². The van der Waals surface area contributed by atoms with Gasteiger partial charge in [0.15, 0.2) is 0 Å². The van der Waals surface area contributed by atoms with E-state index in [1.807, 2.05) is 42.5 Å². The Kier molecular flexibility index (Phi) is 7.19. The third-order valence-corrected chi connectivity index (χ3v) is 5.06. The number of likely N-dealkylation sites (tertiary alicyclic amines) is 1. The predicted molar refractivity (Wildman–Crippen MR) is 110 cm³/mol. The fourth-order valence-corrected chi connectivity index (χ4v) is 3.46. The number of nitrogens with zero attached hydrogens (tertiary/aromatic N) is 1. The average molecular weight is 400 g/mol. The number of hydrogen-bond acceptors (Lipinski definition) is 5. The molecule has 1 fully saturated rings. The van der Waals surface area contributed by atoms with Gasteiger partial charge in [0, 0.05) is 37.9 Å². The zero-order valence-electron chi connectivity index (χ0n) is 16.7. The number of ether oxygens (including phenoxy) is 3. The summed E-state index contributed by atoms with van der Waals surface area (Å²) >= 11 is 0. The quantitative estimate of drug-likeness (QED) is 0.685. The van der Waals surface area contributed by atoms with Crippen LogP contribution < -0.4 is 15.2 Å². The highest BCUT2D eigenvalue weighted by atomic mass is 16.5. The number of amides is 1. The van der Waals surface area contributed by atoms with E-state index in [1.54, 1.807) is 7.11 Å². The van der Waals surface area contributed by atoms with Crippen molar-refractivity contribution >= 4 is 11.8 Å². The van der Waals surface area contributed by atoms with Crippen LogP contribution >= 0.6 is 0 Å². The lowest BCUT2D eigenvalue weighted by molar-refractivity contribution is 0.142. The van der Waals surface area contributed by atoms with Gasteiger partial charge in [0.1, 0.15) is 24.2 Å². The Labute approximate surface area is 171 Å². The van der Waals surface area contributed by atoms with Gasteiger partial charge >= 0.3 is 6.09 Å². The summed E-state index contributed by atoms with van der Waals surface area (Å²) in [5.41, 5.74) is 8.71. The number of anilines is 1. The van der Waals surface area contributed by atoms with Gasteiger partial charge < -0.3 is 30.0 Å². The molecule has 1 amide bonds. The van der Waals surface area contributed by atoms with Crippen molar-refractivity contribution in [2.45, 2.75) is 38.6 Å². The van der Waals surface area contributed by atoms with Gasteiger partial charge in [-0.25, -0.2) is 4.79 Å².